The van der Waals surface area contributed by atoms with Crippen molar-refractivity contribution in [1.82, 2.24) is 0 Å². The van der Waals surface area contributed by atoms with Gasteiger partial charge in [-0.3, -0.25) is 0 Å². The smallest absolute Gasteiger partial charge is 0.0327 e. The van der Waals surface area contributed by atoms with E-state index in [1.165, 1.54) is 6.07 Å². The van der Waals surface area contributed by atoms with Crippen LogP contribution in [0.3, 0.4) is 0 Å². The van der Waals surface area contributed by atoms with Crippen LogP contribution in [0.4, 0.5) is 0 Å². The maximum atomic E-state index is 10.5. The topological polar surface area (TPSA) is 23.1 Å². The number of para-hydroxylation sites is 1. The van der Waals surface area contributed by atoms with Crippen LogP contribution in [0.2, 0.25) is 5.02 Å². The molecule has 0 aromatic heterocycles. The molecule has 0 heterocycles. The van der Waals surface area contributed by atoms with Crippen LogP contribution in [0.25, 0.3) is 0 Å². The zero-order valence-electron chi connectivity index (χ0n) is 4.60. The fourth-order valence-electron chi connectivity index (χ4n) is 0.445. The normalized spacial score (nSPS) is 8.11. The van der Waals surface area contributed by atoms with Gasteiger partial charge in [0.1, 0.15) is 0 Å². The Morgan fingerprint density at radius 3 is 2.11 bits per heavy atom. The van der Waals surface area contributed by atoms with Gasteiger partial charge in [-0.15, -0.1) is 0 Å². The van der Waals surface area contributed by atoms with E-state index < -0.39 is 0 Å². The summed E-state index contributed by atoms with van der Waals surface area (Å²) in [5, 5.41) is 10.8. The molecule has 0 amide bonds. The molecule has 3 heteroatoms. The Morgan fingerprint density at radius 2 is 1.78 bits per heavy atom. The van der Waals surface area contributed by atoms with Crippen LogP contribution in [-0.4, -0.2) is 0 Å². The minimum Gasteiger partial charge on any atom is -0.871 e. The summed E-state index contributed by atoms with van der Waals surface area (Å²) in [6.07, 6.45) is 0. The first-order valence-corrected chi connectivity index (χ1v) is 2.60. The van der Waals surface area contributed by atoms with Crippen molar-refractivity contribution in [3.8, 4) is 5.75 Å². The molecule has 0 bridgehead atoms. The van der Waals surface area contributed by atoms with Gasteiger partial charge >= 0.3 is 0 Å². The Bertz CT molecular complexity index is 169. The molecule has 0 radical (unpaired) electrons. The van der Waals surface area contributed by atoms with Gasteiger partial charge in [-0.05, 0) is 6.07 Å². The second kappa shape index (κ2) is 4.08. The van der Waals surface area contributed by atoms with Crippen molar-refractivity contribution in [2.75, 3.05) is 0 Å². The van der Waals surface area contributed by atoms with Gasteiger partial charge in [-0.1, -0.05) is 35.5 Å². The standard InChI is InChI=1S/C6H5ClO.Zr/c7-5-3-1-2-4-6(5)8;/h1-4,8H;/p-1. The summed E-state index contributed by atoms with van der Waals surface area (Å²) in [6.45, 7) is 0. The maximum Gasteiger partial charge on any atom is 0.0327 e. The second-order valence-corrected chi connectivity index (χ2v) is 1.84. The molecule has 0 aliphatic carbocycles. The zero-order valence-corrected chi connectivity index (χ0v) is 7.81. The average Bonchev–Trinajstić information content (AvgIpc) is 1.77. The minimum absolute atomic E-state index is 0. The summed E-state index contributed by atoms with van der Waals surface area (Å²) in [7, 11) is 0. The van der Waals surface area contributed by atoms with E-state index in [-0.39, 0.29) is 37.0 Å². The molecule has 0 saturated heterocycles. The molecule has 46 valence electrons. The van der Waals surface area contributed by atoms with E-state index in [1.54, 1.807) is 18.2 Å². The van der Waals surface area contributed by atoms with Crippen molar-refractivity contribution >= 4 is 11.6 Å². The largest absolute Gasteiger partial charge is 0.871 e. The summed E-state index contributed by atoms with van der Waals surface area (Å²) in [5.74, 6) is -0.117. The third kappa shape index (κ3) is 2.51. The van der Waals surface area contributed by atoms with E-state index in [9.17, 15) is 5.11 Å². The molecule has 0 saturated carbocycles. The molecular weight excluding hydrogens is 215 g/mol. The summed E-state index contributed by atoms with van der Waals surface area (Å²) in [4.78, 5) is 0. The molecule has 0 spiro atoms. The molecule has 1 nitrogen and oxygen atoms in total. The van der Waals surface area contributed by atoms with Crippen LogP contribution < -0.4 is 5.11 Å². The first kappa shape index (κ1) is 9.19. The molecule has 1 aromatic rings. The van der Waals surface area contributed by atoms with Gasteiger partial charge in [-0.25, -0.2) is 0 Å². The average molecular weight is 219 g/mol. The Hall–Kier alpha value is 0.193. The van der Waals surface area contributed by atoms with Crippen LogP contribution in [-0.2, 0) is 26.2 Å². The van der Waals surface area contributed by atoms with E-state index in [2.05, 4.69) is 0 Å². The van der Waals surface area contributed by atoms with Gasteiger partial charge in [0, 0.05) is 31.2 Å². The fourth-order valence-corrected chi connectivity index (χ4v) is 0.580. The molecule has 1 aromatic carbocycles. The van der Waals surface area contributed by atoms with Crippen LogP contribution in [0.15, 0.2) is 24.3 Å². The van der Waals surface area contributed by atoms with Crippen LogP contribution in [0.1, 0.15) is 0 Å². The Balaban J connectivity index is 0.000000640. The van der Waals surface area contributed by atoms with Crippen molar-refractivity contribution in [2.24, 2.45) is 0 Å². The molecule has 0 atom stereocenters. The summed E-state index contributed by atoms with van der Waals surface area (Å²) < 4.78 is 0. The van der Waals surface area contributed by atoms with Crippen LogP contribution >= 0.6 is 11.6 Å². The fraction of sp³-hybridized carbons (Fsp3) is 0. The van der Waals surface area contributed by atoms with Crippen LogP contribution in [0, 0.1) is 0 Å². The molecule has 0 unspecified atom stereocenters. The molecule has 1 rings (SSSR count). The van der Waals surface area contributed by atoms with Crippen LogP contribution in [0.5, 0.6) is 5.75 Å². The van der Waals surface area contributed by atoms with Gasteiger partial charge in [-0.2, -0.15) is 0 Å². The molecular formula is C6H4ClOZr-. The predicted molar refractivity (Wildman–Crippen MR) is 30.9 cm³/mol. The maximum absolute atomic E-state index is 10.5. The monoisotopic (exact) mass is 217 g/mol. The molecule has 9 heavy (non-hydrogen) atoms. The second-order valence-electron chi connectivity index (χ2n) is 1.43. The predicted octanol–water partition coefficient (Wildman–Crippen LogP) is 1.41. The minimum atomic E-state index is -0.117. The molecule has 0 fully saturated rings. The van der Waals surface area contributed by atoms with E-state index >= 15 is 0 Å². The Kier molecular flexibility index (Phi) is 4.17. The van der Waals surface area contributed by atoms with E-state index in [0.717, 1.165) is 0 Å². The van der Waals surface area contributed by atoms with Crippen molar-refractivity contribution in [3.05, 3.63) is 29.3 Å². The van der Waals surface area contributed by atoms with Crippen molar-refractivity contribution in [1.29, 1.82) is 0 Å². The first-order valence-electron chi connectivity index (χ1n) is 2.22. The number of halogens is 1. The van der Waals surface area contributed by atoms with E-state index in [4.69, 9.17) is 11.6 Å². The van der Waals surface area contributed by atoms with E-state index in [1.807, 2.05) is 0 Å². The third-order valence-electron chi connectivity index (χ3n) is 0.837. The number of rotatable bonds is 0. The molecule has 0 aliphatic heterocycles. The SMILES string of the molecule is [O-]c1ccccc1Cl.[Zr]. The number of hydrogen-bond acceptors (Lipinski definition) is 1. The van der Waals surface area contributed by atoms with Crippen molar-refractivity contribution < 1.29 is 31.3 Å². The van der Waals surface area contributed by atoms with Gasteiger partial charge in [0.05, 0.1) is 0 Å². The zero-order chi connectivity index (χ0) is 5.98. The van der Waals surface area contributed by atoms with Gasteiger partial charge in [0.15, 0.2) is 0 Å². The first-order chi connectivity index (χ1) is 3.80. The van der Waals surface area contributed by atoms with Gasteiger partial charge < -0.3 is 5.11 Å². The summed E-state index contributed by atoms with van der Waals surface area (Å²) in [5.41, 5.74) is 0. The Morgan fingerprint density at radius 1 is 1.22 bits per heavy atom. The number of benzene rings is 1. The number of hydrogen-bond donors (Lipinski definition) is 0. The van der Waals surface area contributed by atoms with Crippen molar-refractivity contribution in [2.45, 2.75) is 0 Å². The molecule has 0 aliphatic rings. The van der Waals surface area contributed by atoms with Gasteiger partial charge in [0.2, 0.25) is 0 Å². The summed E-state index contributed by atoms with van der Waals surface area (Å²) in [6, 6.07) is 6.39. The Labute approximate surface area is 77.8 Å². The summed E-state index contributed by atoms with van der Waals surface area (Å²) >= 11 is 5.40. The molecule has 0 N–H and O–H groups in total. The van der Waals surface area contributed by atoms with E-state index in [0.29, 0.717) is 0 Å². The third-order valence-corrected chi connectivity index (χ3v) is 1.15. The quantitative estimate of drug-likeness (QED) is 0.646. The van der Waals surface area contributed by atoms with Gasteiger partial charge in [0.25, 0.3) is 0 Å². The van der Waals surface area contributed by atoms with Crippen molar-refractivity contribution in [3.63, 3.8) is 0 Å².